The molecule has 0 aliphatic carbocycles. The number of hydrogen-bond donors (Lipinski definition) is 1. The van der Waals surface area contributed by atoms with Gasteiger partial charge in [0.15, 0.2) is 0 Å². The Morgan fingerprint density at radius 1 is 1.09 bits per heavy atom. The number of urea groups is 1. The smallest absolute Gasteiger partial charge is 0.374 e. The Balaban J connectivity index is 1.58. The van der Waals surface area contributed by atoms with Crippen LogP contribution >= 0.6 is 23.2 Å². The van der Waals surface area contributed by atoms with Crippen molar-refractivity contribution in [2.45, 2.75) is 30.8 Å². The molecule has 1 unspecified atom stereocenters. The lowest BCUT2D eigenvalue weighted by molar-refractivity contribution is -0.275. The van der Waals surface area contributed by atoms with Crippen molar-refractivity contribution in [3.63, 3.8) is 0 Å². The minimum Gasteiger partial charge on any atom is -0.374 e. The Morgan fingerprint density at radius 2 is 1.76 bits per heavy atom. The highest BCUT2D eigenvalue weighted by molar-refractivity contribution is 6.34. The summed E-state index contributed by atoms with van der Waals surface area (Å²) in [4.78, 5) is 18.2. The quantitative estimate of drug-likeness (QED) is 0.484. The highest BCUT2D eigenvalue weighted by atomic mass is 35.5. The molecule has 2 aliphatic heterocycles. The summed E-state index contributed by atoms with van der Waals surface area (Å²) in [6, 6.07) is 7.04. The molecule has 34 heavy (non-hydrogen) atoms. The fourth-order valence-electron chi connectivity index (χ4n) is 3.91. The third-order valence-electron chi connectivity index (χ3n) is 5.51. The van der Waals surface area contributed by atoms with Gasteiger partial charge in [0.1, 0.15) is 6.54 Å². The third-order valence-corrected chi connectivity index (χ3v) is 5.94. The molecule has 0 aromatic heterocycles. The SMILES string of the molecule is O=C(NCC(F)(F)F)N1CCc2cc(C3=NOC(c4cc(Cl)cc(Cl)c4)(C(F)(F)F)C3)ccc21. The fourth-order valence-corrected chi connectivity index (χ4v) is 4.44. The lowest BCUT2D eigenvalue weighted by Crippen LogP contribution is -2.43. The van der Waals surface area contributed by atoms with Crippen LogP contribution in [0.25, 0.3) is 0 Å². The van der Waals surface area contributed by atoms with Gasteiger partial charge in [-0.3, -0.25) is 4.90 Å². The second kappa shape index (κ2) is 8.53. The molecule has 0 saturated carbocycles. The topological polar surface area (TPSA) is 53.9 Å². The monoisotopic (exact) mass is 525 g/mol. The maximum absolute atomic E-state index is 14.2. The molecule has 0 radical (unpaired) electrons. The molecule has 2 aliphatic rings. The Kier molecular flexibility index (Phi) is 6.14. The van der Waals surface area contributed by atoms with E-state index in [0.717, 1.165) is 17.0 Å². The zero-order valence-corrected chi connectivity index (χ0v) is 18.5. The van der Waals surface area contributed by atoms with Crippen LogP contribution in [-0.4, -0.2) is 37.2 Å². The minimum absolute atomic E-state index is 0.00426. The highest BCUT2D eigenvalue weighted by Crippen LogP contribution is 2.50. The summed E-state index contributed by atoms with van der Waals surface area (Å²) in [6.45, 7) is -1.35. The van der Waals surface area contributed by atoms with E-state index in [4.69, 9.17) is 28.0 Å². The summed E-state index contributed by atoms with van der Waals surface area (Å²) < 4.78 is 79.6. The van der Waals surface area contributed by atoms with Gasteiger partial charge in [0.05, 0.1) is 5.71 Å². The lowest BCUT2D eigenvalue weighted by Gasteiger charge is -2.29. The Bertz CT molecular complexity index is 1150. The number of halogens is 8. The number of alkyl halides is 6. The van der Waals surface area contributed by atoms with Crippen molar-refractivity contribution < 1.29 is 36.0 Å². The molecule has 0 fully saturated rings. The number of carbonyl (C=O) groups excluding carboxylic acids is 1. The lowest BCUT2D eigenvalue weighted by atomic mass is 9.86. The van der Waals surface area contributed by atoms with Gasteiger partial charge < -0.3 is 10.2 Å². The average molecular weight is 526 g/mol. The molecule has 0 spiro atoms. The largest absolute Gasteiger partial charge is 0.435 e. The van der Waals surface area contributed by atoms with Gasteiger partial charge in [-0.1, -0.05) is 34.4 Å². The van der Waals surface area contributed by atoms with Crippen LogP contribution in [0.4, 0.5) is 36.8 Å². The predicted octanol–water partition coefficient (Wildman–Crippen LogP) is 6.21. The van der Waals surface area contributed by atoms with Crippen LogP contribution in [-0.2, 0) is 16.9 Å². The molecule has 182 valence electrons. The van der Waals surface area contributed by atoms with Crippen LogP contribution in [0.3, 0.4) is 0 Å². The Hall–Kier alpha value is -2.66. The summed E-state index contributed by atoms with van der Waals surface area (Å²) in [5.41, 5.74) is -1.81. The summed E-state index contributed by atoms with van der Waals surface area (Å²) >= 11 is 11.8. The van der Waals surface area contributed by atoms with Crippen molar-refractivity contribution in [2.75, 3.05) is 18.0 Å². The average Bonchev–Trinajstić information content (AvgIpc) is 3.35. The maximum atomic E-state index is 14.2. The minimum atomic E-state index is -4.85. The van der Waals surface area contributed by atoms with E-state index in [1.807, 2.05) is 0 Å². The van der Waals surface area contributed by atoms with Crippen LogP contribution < -0.4 is 10.2 Å². The van der Waals surface area contributed by atoms with Crippen molar-refractivity contribution in [3.05, 3.63) is 63.1 Å². The molecular weight excluding hydrogens is 511 g/mol. The van der Waals surface area contributed by atoms with Gasteiger partial charge >= 0.3 is 18.4 Å². The number of nitrogens with one attached hydrogen (secondary N) is 1. The van der Waals surface area contributed by atoms with Crippen LogP contribution in [0.5, 0.6) is 0 Å². The summed E-state index contributed by atoms with van der Waals surface area (Å²) in [7, 11) is 0. The number of amides is 2. The van der Waals surface area contributed by atoms with Gasteiger partial charge in [0, 0.05) is 34.3 Å². The fraction of sp³-hybridized carbons (Fsp3) is 0.333. The van der Waals surface area contributed by atoms with E-state index in [0.29, 0.717) is 23.2 Å². The maximum Gasteiger partial charge on any atom is 0.435 e. The van der Waals surface area contributed by atoms with Gasteiger partial charge in [-0.25, -0.2) is 4.79 Å². The molecule has 13 heteroatoms. The van der Waals surface area contributed by atoms with Crippen molar-refractivity contribution in [2.24, 2.45) is 5.16 Å². The third kappa shape index (κ3) is 4.63. The van der Waals surface area contributed by atoms with Crippen LogP contribution in [0.2, 0.25) is 10.0 Å². The number of nitrogens with zero attached hydrogens (tertiary/aromatic N) is 2. The van der Waals surface area contributed by atoms with Gasteiger partial charge in [0.25, 0.3) is 5.60 Å². The molecule has 1 atom stereocenters. The first-order valence-electron chi connectivity index (χ1n) is 9.83. The van der Waals surface area contributed by atoms with Crippen molar-refractivity contribution in [1.82, 2.24) is 5.32 Å². The van der Waals surface area contributed by atoms with Gasteiger partial charge in [-0.2, -0.15) is 26.3 Å². The molecule has 5 nitrogen and oxygen atoms in total. The van der Waals surface area contributed by atoms with Gasteiger partial charge in [0.2, 0.25) is 0 Å². The second-order valence-electron chi connectivity index (χ2n) is 7.81. The van der Waals surface area contributed by atoms with Crippen LogP contribution in [0, 0.1) is 0 Å². The predicted molar refractivity (Wildman–Crippen MR) is 113 cm³/mol. The zero-order valence-electron chi connectivity index (χ0n) is 17.0. The van der Waals surface area contributed by atoms with E-state index in [1.54, 1.807) is 11.4 Å². The summed E-state index contributed by atoms with van der Waals surface area (Å²) in [5, 5.41) is 5.50. The first-order chi connectivity index (χ1) is 15.8. The molecule has 2 aromatic rings. The zero-order chi connectivity index (χ0) is 24.9. The number of rotatable bonds is 3. The van der Waals surface area contributed by atoms with E-state index < -0.39 is 37.0 Å². The molecule has 2 heterocycles. The first kappa shape index (κ1) is 24.5. The number of benzene rings is 2. The number of hydrogen-bond acceptors (Lipinski definition) is 3. The molecule has 0 bridgehead atoms. The van der Waals surface area contributed by atoms with Crippen molar-refractivity contribution >= 4 is 40.6 Å². The number of anilines is 1. The number of oxime groups is 1. The van der Waals surface area contributed by atoms with E-state index >= 15 is 0 Å². The first-order valence-corrected chi connectivity index (χ1v) is 10.6. The molecule has 2 amide bonds. The van der Waals surface area contributed by atoms with Crippen LogP contribution in [0.15, 0.2) is 41.6 Å². The molecule has 4 rings (SSSR count). The standard InChI is InChI=1S/C21H15Cl2F6N3O2/c22-14-6-13(7-15(23)8-14)19(21(27,28)29)9-16(31-34-19)11-1-2-17-12(5-11)3-4-32(17)18(33)30-10-20(24,25)26/h1-2,5-8H,3-4,9-10H2,(H,30,33). The number of carbonyl (C=O) groups is 1. The Morgan fingerprint density at radius 3 is 2.38 bits per heavy atom. The van der Waals surface area contributed by atoms with E-state index in [9.17, 15) is 31.1 Å². The van der Waals surface area contributed by atoms with Crippen molar-refractivity contribution in [3.8, 4) is 0 Å². The van der Waals surface area contributed by atoms with Crippen LogP contribution in [0.1, 0.15) is 23.1 Å². The van der Waals surface area contributed by atoms with E-state index in [-0.39, 0.29) is 27.9 Å². The number of fused-ring (bicyclic) bond motifs is 1. The van der Waals surface area contributed by atoms with Gasteiger partial charge in [-0.05, 0) is 47.9 Å². The highest BCUT2D eigenvalue weighted by Gasteiger charge is 2.62. The summed E-state index contributed by atoms with van der Waals surface area (Å²) in [6.07, 6.45) is -9.75. The van der Waals surface area contributed by atoms with Crippen molar-refractivity contribution in [1.29, 1.82) is 0 Å². The molecular formula is C21H15Cl2F6N3O2. The molecule has 1 N–H and O–H groups in total. The Labute approximate surface area is 199 Å². The normalized spacial score (nSPS) is 20.1. The second-order valence-corrected chi connectivity index (χ2v) is 8.68. The molecule has 2 aromatic carbocycles. The van der Waals surface area contributed by atoms with E-state index in [1.165, 1.54) is 18.2 Å². The summed E-state index contributed by atoms with van der Waals surface area (Å²) in [5.74, 6) is 0. The van der Waals surface area contributed by atoms with E-state index in [2.05, 4.69) is 5.16 Å². The molecule has 0 saturated heterocycles. The van der Waals surface area contributed by atoms with Gasteiger partial charge in [-0.15, -0.1) is 0 Å².